The van der Waals surface area contributed by atoms with Crippen LogP contribution in [0.4, 0.5) is 0 Å². The third-order valence-corrected chi connectivity index (χ3v) is 5.16. The van der Waals surface area contributed by atoms with Crippen molar-refractivity contribution >= 4 is 18.1 Å². The Kier molecular flexibility index (Phi) is 8.04. The SMILES string of the molecule is CCOc1ccc(C(=O)Oc2ccc(/C=N\NC(=O)C3CCCCC3)cc2OC)cc1. The first-order valence-corrected chi connectivity index (χ1v) is 10.6. The van der Waals surface area contributed by atoms with Gasteiger partial charge in [-0.25, -0.2) is 10.2 Å². The Morgan fingerprint density at radius 1 is 1.06 bits per heavy atom. The minimum atomic E-state index is -0.498. The fourth-order valence-corrected chi connectivity index (χ4v) is 3.49. The predicted molar refractivity (Wildman–Crippen MR) is 118 cm³/mol. The molecule has 2 aromatic rings. The molecular weight excluding hydrogens is 396 g/mol. The topological polar surface area (TPSA) is 86.2 Å². The number of benzene rings is 2. The number of hydrazone groups is 1. The van der Waals surface area contributed by atoms with Crippen LogP contribution in [0.3, 0.4) is 0 Å². The molecule has 0 bridgehead atoms. The summed E-state index contributed by atoms with van der Waals surface area (Å²) in [5.74, 6) is 0.888. The molecular formula is C24H28N2O5. The Hall–Kier alpha value is -3.35. The second-order valence-corrected chi connectivity index (χ2v) is 7.33. The summed E-state index contributed by atoms with van der Waals surface area (Å²) in [6.07, 6.45) is 6.77. The summed E-state index contributed by atoms with van der Waals surface area (Å²) < 4.78 is 16.2. The number of hydrogen-bond donors (Lipinski definition) is 1. The molecule has 0 aliphatic heterocycles. The molecule has 0 heterocycles. The van der Waals surface area contributed by atoms with E-state index < -0.39 is 5.97 Å². The average Bonchev–Trinajstić information content (AvgIpc) is 2.81. The first kappa shape index (κ1) is 22.3. The number of rotatable bonds is 8. The van der Waals surface area contributed by atoms with Crippen molar-refractivity contribution in [1.29, 1.82) is 0 Å². The van der Waals surface area contributed by atoms with E-state index in [4.69, 9.17) is 14.2 Å². The molecule has 1 fully saturated rings. The van der Waals surface area contributed by atoms with Crippen molar-refractivity contribution in [2.24, 2.45) is 11.0 Å². The third kappa shape index (κ3) is 6.31. The van der Waals surface area contributed by atoms with Crippen molar-refractivity contribution in [3.63, 3.8) is 0 Å². The molecule has 7 nitrogen and oxygen atoms in total. The molecule has 1 aliphatic rings. The second-order valence-electron chi connectivity index (χ2n) is 7.33. The zero-order valence-corrected chi connectivity index (χ0v) is 17.9. The molecule has 7 heteroatoms. The molecule has 0 unspecified atom stereocenters. The number of carbonyl (C=O) groups is 2. The van der Waals surface area contributed by atoms with Gasteiger partial charge in [-0.1, -0.05) is 19.3 Å². The van der Waals surface area contributed by atoms with Crippen LogP contribution in [0.25, 0.3) is 0 Å². The molecule has 31 heavy (non-hydrogen) atoms. The quantitative estimate of drug-likeness (QED) is 0.295. The zero-order chi connectivity index (χ0) is 22.1. The lowest BCUT2D eigenvalue weighted by Crippen LogP contribution is -2.28. The Morgan fingerprint density at radius 2 is 1.81 bits per heavy atom. The lowest BCUT2D eigenvalue weighted by molar-refractivity contribution is -0.125. The second kappa shape index (κ2) is 11.2. The van der Waals surface area contributed by atoms with Crippen LogP contribution in [0.15, 0.2) is 47.6 Å². The molecule has 0 saturated heterocycles. The van der Waals surface area contributed by atoms with Crippen LogP contribution in [0.5, 0.6) is 17.2 Å². The van der Waals surface area contributed by atoms with E-state index in [1.54, 1.807) is 48.7 Å². The number of esters is 1. The van der Waals surface area contributed by atoms with Crippen molar-refractivity contribution in [3.05, 3.63) is 53.6 Å². The van der Waals surface area contributed by atoms with Gasteiger partial charge >= 0.3 is 5.97 Å². The maximum atomic E-state index is 12.4. The van der Waals surface area contributed by atoms with Gasteiger partial charge in [-0.05, 0) is 67.8 Å². The van der Waals surface area contributed by atoms with Gasteiger partial charge in [0.05, 0.1) is 25.5 Å². The van der Waals surface area contributed by atoms with Gasteiger partial charge in [0, 0.05) is 5.92 Å². The highest BCUT2D eigenvalue weighted by molar-refractivity contribution is 5.92. The zero-order valence-electron chi connectivity index (χ0n) is 17.9. The fraction of sp³-hybridized carbons (Fsp3) is 0.375. The Morgan fingerprint density at radius 3 is 2.48 bits per heavy atom. The Labute approximate surface area is 182 Å². The summed E-state index contributed by atoms with van der Waals surface area (Å²) >= 11 is 0. The van der Waals surface area contributed by atoms with Crippen LogP contribution < -0.4 is 19.6 Å². The van der Waals surface area contributed by atoms with Crippen LogP contribution in [-0.2, 0) is 4.79 Å². The summed E-state index contributed by atoms with van der Waals surface area (Å²) in [6, 6.07) is 11.8. The third-order valence-electron chi connectivity index (χ3n) is 5.16. The number of ether oxygens (including phenoxy) is 3. The van der Waals surface area contributed by atoms with Gasteiger partial charge in [0.15, 0.2) is 11.5 Å². The molecule has 0 atom stereocenters. The van der Waals surface area contributed by atoms with Gasteiger partial charge in [-0.3, -0.25) is 4.79 Å². The van der Waals surface area contributed by atoms with Crippen LogP contribution in [0.2, 0.25) is 0 Å². The summed E-state index contributed by atoms with van der Waals surface area (Å²) in [5, 5.41) is 4.05. The summed E-state index contributed by atoms with van der Waals surface area (Å²) in [7, 11) is 1.50. The highest BCUT2D eigenvalue weighted by Crippen LogP contribution is 2.29. The van der Waals surface area contributed by atoms with Crippen molar-refractivity contribution in [2.75, 3.05) is 13.7 Å². The molecule has 1 amide bonds. The highest BCUT2D eigenvalue weighted by atomic mass is 16.6. The monoisotopic (exact) mass is 424 g/mol. The Balaban J connectivity index is 1.61. The number of amides is 1. The maximum absolute atomic E-state index is 12.4. The van der Waals surface area contributed by atoms with E-state index in [9.17, 15) is 9.59 Å². The van der Waals surface area contributed by atoms with E-state index in [0.29, 0.717) is 35.0 Å². The van der Waals surface area contributed by atoms with E-state index in [2.05, 4.69) is 10.5 Å². The predicted octanol–water partition coefficient (Wildman–Crippen LogP) is 4.34. The minimum absolute atomic E-state index is 0.0381. The van der Waals surface area contributed by atoms with Gasteiger partial charge in [-0.2, -0.15) is 5.10 Å². The van der Waals surface area contributed by atoms with Crippen LogP contribution in [0, 0.1) is 5.92 Å². The molecule has 1 saturated carbocycles. The van der Waals surface area contributed by atoms with Crippen molar-refractivity contribution in [3.8, 4) is 17.2 Å². The molecule has 0 spiro atoms. The summed E-state index contributed by atoms with van der Waals surface area (Å²) in [4.78, 5) is 24.6. The van der Waals surface area contributed by atoms with Crippen LogP contribution in [0.1, 0.15) is 54.9 Å². The summed E-state index contributed by atoms with van der Waals surface area (Å²) in [5.41, 5.74) is 3.73. The number of methoxy groups -OCH3 is 1. The van der Waals surface area contributed by atoms with Gasteiger partial charge < -0.3 is 14.2 Å². The van der Waals surface area contributed by atoms with Gasteiger partial charge in [0.2, 0.25) is 5.91 Å². The molecule has 2 aromatic carbocycles. The molecule has 164 valence electrons. The largest absolute Gasteiger partial charge is 0.494 e. The van der Waals surface area contributed by atoms with Crippen LogP contribution in [-0.4, -0.2) is 31.8 Å². The lowest BCUT2D eigenvalue weighted by Gasteiger charge is -2.19. The van der Waals surface area contributed by atoms with Crippen LogP contribution >= 0.6 is 0 Å². The van der Waals surface area contributed by atoms with E-state index in [1.165, 1.54) is 13.5 Å². The van der Waals surface area contributed by atoms with Gasteiger partial charge in [0.1, 0.15) is 5.75 Å². The normalized spacial score (nSPS) is 14.3. The smallest absolute Gasteiger partial charge is 0.343 e. The van der Waals surface area contributed by atoms with E-state index >= 15 is 0 Å². The molecule has 1 aliphatic carbocycles. The fourth-order valence-electron chi connectivity index (χ4n) is 3.49. The molecule has 0 aromatic heterocycles. The lowest BCUT2D eigenvalue weighted by atomic mass is 9.89. The van der Waals surface area contributed by atoms with Crippen molar-refractivity contribution < 1.29 is 23.8 Å². The highest BCUT2D eigenvalue weighted by Gasteiger charge is 2.20. The van der Waals surface area contributed by atoms with Gasteiger partial charge in [0.25, 0.3) is 0 Å². The number of nitrogens with one attached hydrogen (secondary N) is 1. The number of carbonyl (C=O) groups excluding carboxylic acids is 2. The van der Waals surface area contributed by atoms with E-state index in [1.807, 2.05) is 6.92 Å². The average molecular weight is 424 g/mol. The molecule has 0 radical (unpaired) electrons. The summed E-state index contributed by atoms with van der Waals surface area (Å²) in [6.45, 7) is 2.45. The Bertz CT molecular complexity index is 918. The van der Waals surface area contributed by atoms with Gasteiger partial charge in [-0.15, -0.1) is 0 Å². The molecule has 3 rings (SSSR count). The van der Waals surface area contributed by atoms with E-state index in [-0.39, 0.29) is 11.8 Å². The van der Waals surface area contributed by atoms with Crippen molar-refractivity contribution in [2.45, 2.75) is 39.0 Å². The van der Waals surface area contributed by atoms with Crippen molar-refractivity contribution in [1.82, 2.24) is 5.43 Å². The maximum Gasteiger partial charge on any atom is 0.343 e. The first-order chi connectivity index (χ1) is 15.1. The van der Waals surface area contributed by atoms with E-state index in [0.717, 1.165) is 25.7 Å². The standard InChI is InChI=1S/C24H28N2O5/c1-3-30-20-12-10-19(11-13-20)24(28)31-21-14-9-17(15-22(21)29-2)16-25-26-23(27)18-7-5-4-6-8-18/h9-16,18H,3-8H2,1-2H3,(H,26,27)/b25-16-. The number of hydrogen-bond acceptors (Lipinski definition) is 6. The number of nitrogens with zero attached hydrogens (tertiary/aromatic N) is 1. The molecule has 1 N–H and O–H groups in total. The minimum Gasteiger partial charge on any atom is -0.494 e. The first-order valence-electron chi connectivity index (χ1n) is 10.6.